The summed E-state index contributed by atoms with van der Waals surface area (Å²) in [4.78, 5) is 23.2. The Balaban J connectivity index is 1.52. The van der Waals surface area contributed by atoms with E-state index >= 15 is 0 Å². The number of aromatic nitrogens is 3. The predicted octanol–water partition coefficient (Wildman–Crippen LogP) is 3.91. The molecule has 0 saturated carbocycles. The van der Waals surface area contributed by atoms with Gasteiger partial charge in [-0.2, -0.15) is 4.98 Å². The zero-order valence-corrected chi connectivity index (χ0v) is 16.4. The highest BCUT2D eigenvalue weighted by Crippen LogP contribution is 2.24. The molecular formula is C23H20N4O3. The number of rotatable bonds is 7. The highest BCUT2D eigenvalue weighted by molar-refractivity contribution is 5.82. The Morgan fingerprint density at radius 2 is 1.77 bits per heavy atom. The molecular weight excluding hydrogens is 380 g/mol. The first-order chi connectivity index (χ1) is 14.7. The normalized spacial score (nSPS) is 11.6. The Morgan fingerprint density at radius 1 is 1.03 bits per heavy atom. The lowest BCUT2D eigenvalue weighted by molar-refractivity contribution is -0.138. The molecule has 0 aliphatic rings. The Morgan fingerprint density at radius 3 is 2.47 bits per heavy atom. The average Bonchev–Trinajstić information content (AvgIpc) is 3.27. The standard InChI is InChI=1S/C23H20N4O3/c1-27(16-20-25-22(26-30-20)18-11-8-14-24-15-18)23(28)21(17-9-4-2-5-10-17)29-19-12-6-3-7-13-19/h2-15,21H,16H2,1H3. The summed E-state index contributed by atoms with van der Waals surface area (Å²) in [7, 11) is 1.68. The van der Waals surface area contributed by atoms with E-state index in [-0.39, 0.29) is 12.5 Å². The van der Waals surface area contributed by atoms with Crippen molar-refractivity contribution in [2.24, 2.45) is 0 Å². The van der Waals surface area contributed by atoms with Crippen molar-refractivity contribution in [1.82, 2.24) is 20.0 Å². The molecule has 0 radical (unpaired) electrons. The quantitative estimate of drug-likeness (QED) is 0.468. The molecule has 150 valence electrons. The van der Waals surface area contributed by atoms with Crippen molar-refractivity contribution in [3.05, 3.63) is 96.6 Å². The summed E-state index contributed by atoms with van der Waals surface area (Å²) in [6.45, 7) is 0.160. The topological polar surface area (TPSA) is 81.4 Å². The second-order valence-electron chi connectivity index (χ2n) is 6.67. The number of nitrogens with zero attached hydrogens (tertiary/aromatic N) is 4. The van der Waals surface area contributed by atoms with Crippen molar-refractivity contribution in [3.8, 4) is 17.1 Å². The fourth-order valence-corrected chi connectivity index (χ4v) is 2.94. The summed E-state index contributed by atoms with van der Waals surface area (Å²) in [6, 6.07) is 22.3. The molecule has 7 heteroatoms. The van der Waals surface area contributed by atoms with Gasteiger partial charge in [0.15, 0.2) is 0 Å². The van der Waals surface area contributed by atoms with Gasteiger partial charge in [-0.15, -0.1) is 0 Å². The summed E-state index contributed by atoms with van der Waals surface area (Å²) in [5.74, 6) is 1.16. The summed E-state index contributed by atoms with van der Waals surface area (Å²) in [5.41, 5.74) is 1.51. The lowest BCUT2D eigenvalue weighted by atomic mass is 10.1. The van der Waals surface area contributed by atoms with Crippen LogP contribution in [0.15, 0.2) is 89.7 Å². The molecule has 0 fully saturated rings. The minimum atomic E-state index is -0.792. The maximum atomic E-state index is 13.2. The van der Waals surface area contributed by atoms with Crippen LogP contribution < -0.4 is 4.74 Å². The highest BCUT2D eigenvalue weighted by Gasteiger charge is 2.27. The zero-order chi connectivity index (χ0) is 20.8. The minimum absolute atomic E-state index is 0.160. The van der Waals surface area contributed by atoms with Crippen LogP contribution in [0.3, 0.4) is 0 Å². The third-order valence-corrected chi connectivity index (χ3v) is 4.46. The van der Waals surface area contributed by atoms with Crippen LogP contribution in [0, 0.1) is 0 Å². The molecule has 1 atom stereocenters. The lowest BCUT2D eigenvalue weighted by Crippen LogP contribution is -2.34. The van der Waals surface area contributed by atoms with Crippen LogP contribution in [0.25, 0.3) is 11.4 Å². The van der Waals surface area contributed by atoms with Crippen molar-refractivity contribution >= 4 is 5.91 Å². The summed E-state index contributed by atoms with van der Waals surface area (Å²) in [6.07, 6.45) is 2.54. The molecule has 1 amide bonds. The molecule has 0 N–H and O–H groups in total. The van der Waals surface area contributed by atoms with Crippen LogP contribution in [0.2, 0.25) is 0 Å². The van der Waals surface area contributed by atoms with Crippen LogP contribution in [-0.4, -0.2) is 33.0 Å². The number of para-hydroxylation sites is 1. The first kappa shape index (κ1) is 19.3. The number of hydrogen-bond donors (Lipinski definition) is 0. The maximum Gasteiger partial charge on any atom is 0.268 e. The van der Waals surface area contributed by atoms with Gasteiger partial charge in [-0.05, 0) is 24.3 Å². The van der Waals surface area contributed by atoms with Crippen LogP contribution in [0.4, 0.5) is 0 Å². The number of hydrogen-bond acceptors (Lipinski definition) is 6. The third kappa shape index (κ3) is 4.52. The van der Waals surface area contributed by atoms with E-state index in [0.717, 1.165) is 11.1 Å². The molecule has 0 saturated heterocycles. The molecule has 30 heavy (non-hydrogen) atoms. The molecule has 0 spiro atoms. The van der Waals surface area contributed by atoms with Crippen LogP contribution in [-0.2, 0) is 11.3 Å². The fourth-order valence-electron chi connectivity index (χ4n) is 2.94. The zero-order valence-electron chi connectivity index (χ0n) is 16.4. The van der Waals surface area contributed by atoms with Crippen LogP contribution >= 0.6 is 0 Å². The van der Waals surface area contributed by atoms with Crippen molar-refractivity contribution in [1.29, 1.82) is 0 Å². The highest BCUT2D eigenvalue weighted by atomic mass is 16.5. The molecule has 4 aromatic rings. The van der Waals surface area contributed by atoms with Crippen molar-refractivity contribution < 1.29 is 14.1 Å². The van der Waals surface area contributed by atoms with Gasteiger partial charge in [0.05, 0.1) is 6.54 Å². The van der Waals surface area contributed by atoms with Gasteiger partial charge in [0.2, 0.25) is 17.8 Å². The summed E-state index contributed by atoms with van der Waals surface area (Å²) < 4.78 is 11.3. The molecule has 0 bridgehead atoms. The number of likely N-dealkylation sites (N-methyl/N-ethyl adjacent to an activating group) is 1. The van der Waals surface area contributed by atoms with Gasteiger partial charge in [-0.1, -0.05) is 53.7 Å². The van der Waals surface area contributed by atoms with Gasteiger partial charge in [0.1, 0.15) is 5.75 Å². The third-order valence-electron chi connectivity index (χ3n) is 4.46. The minimum Gasteiger partial charge on any atom is -0.476 e. The maximum absolute atomic E-state index is 13.2. The van der Waals surface area contributed by atoms with E-state index in [9.17, 15) is 4.79 Å². The first-order valence-corrected chi connectivity index (χ1v) is 9.45. The molecule has 0 aliphatic carbocycles. The van der Waals surface area contributed by atoms with Crippen molar-refractivity contribution in [2.75, 3.05) is 7.05 Å². The Hall–Kier alpha value is -4.00. The number of carbonyl (C=O) groups is 1. The SMILES string of the molecule is CN(Cc1nc(-c2cccnc2)no1)C(=O)C(Oc1ccccc1)c1ccccc1. The molecule has 4 rings (SSSR count). The van der Waals surface area contributed by atoms with Gasteiger partial charge in [-0.3, -0.25) is 9.78 Å². The van der Waals surface area contributed by atoms with E-state index in [1.807, 2.05) is 66.7 Å². The first-order valence-electron chi connectivity index (χ1n) is 9.45. The molecule has 2 heterocycles. The molecule has 2 aromatic carbocycles. The second kappa shape index (κ2) is 9.00. The van der Waals surface area contributed by atoms with E-state index in [1.54, 1.807) is 25.5 Å². The Labute approximate surface area is 174 Å². The number of benzene rings is 2. The van der Waals surface area contributed by atoms with Gasteiger partial charge in [-0.25, -0.2) is 0 Å². The van der Waals surface area contributed by atoms with E-state index in [2.05, 4.69) is 15.1 Å². The van der Waals surface area contributed by atoms with Crippen LogP contribution in [0.1, 0.15) is 17.6 Å². The largest absolute Gasteiger partial charge is 0.476 e. The molecule has 0 aliphatic heterocycles. The van der Waals surface area contributed by atoms with E-state index < -0.39 is 6.10 Å². The van der Waals surface area contributed by atoms with Gasteiger partial charge >= 0.3 is 0 Å². The molecule has 2 aromatic heterocycles. The van der Waals surface area contributed by atoms with Crippen LogP contribution in [0.5, 0.6) is 5.75 Å². The molecule has 1 unspecified atom stereocenters. The van der Waals surface area contributed by atoms with Crippen molar-refractivity contribution in [3.63, 3.8) is 0 Å². The van der Waals surface area contributed by atoms with Crippen molar-refractivity contribution in [2.45, 2.75) is 12.6 Å². The fraction of sp³-hybridized carbons (Fsp3) is 0.130. The van der Waals surface area contributed by atoms with Gasteiger partial charge < -0.3 is 14.2 Å². The molecule has 7 nitrogen and oxygen atoms in total. The second-order valence-corrected chi connectivity index (χ2v) is 6.67. The van der Waals surface area contributed by atoms with Gasteiger partial charge in [0.25, 0.3) is 5.91 Å². The van der Waals surface area contributed by atoms with Gasteiger partial charge in [0, 0.05) is 30.6 Å². The number of amides is 1. The summed E-state index contributed by atoms with van der Waals surface area (Å²) in [5, 5.41) is 3.97. The predicted molar refractivity (Wildman–Crippen MR) is 110 cm³/mol. The van der Waals surface area contributed by atoms with E-state index in [0.29, 0.717) is 17.5 Å². The van der Waals surface area contributed by atoms with E-state index in [1.165, 1.54) is 4.90 Å². The lowest BCUT2D eigenvalue weighted by Gasteiger charge is -2.24. The average molecular weight is 400 g/mol. The monoisotopic (exact) mass is 400 g/mol. The number of carbonyl (C=O) groups excluding carboxylic acids is 1. The Kier molecular flexibility index (Phi) is 5.80. The summed E-state index contributed by atoms with van der Waals surface area (Å²) >= 11 is 0. The number of pyridine rings is 1. The smallest absolute Gasteiger partial charge is 0.268 e. The Bertz CT molecular complexity index is 1090. The van der Waals surface area contributed by atoms with E-state index in [4.69, 9.17) is 9.26 Å². The number of ether oxygens (including phenoxy) is 1.